The molecule has 3 rings (SSSR count). The number of anilines is 1. The second-order valence-corrected chi connectivity index (χ2v) is 9.50. The maximum atomic E-state index is 11.8. The first-order chi connectivity index (χ1) is 13.8. The molecule has 0 atom stereocenters. The lowest BCUT2D eigenvalue weighted by Gasteiger charge is -2.28. The number of nitrogens with one attached hydrogen (secondary N) is 2. The van der Waals surface area contributed by atoms with Gasteiger partial charge in [-0.05, 0) is 51.7 Å². The van der Waals surface area contributed by atoms with Gasteiger partial charge in [-0.1, -0.05) is 22.0 Å². The van der Waals surface area contributed by atoms with Crippen LogP contribution in [0.2, 0.25) is 0 Å². The van der Waals surface area contributed by atoms with Gasteiger partial charge in [-0.3, -0.25) is 4.79 Å². The third kappa shape index (κ3) is 6.02. The van der Waals surface area contributed by atoms with Crippen molar-refractivity contribution < 1.29 is 14.3 Å². The highest BCUT2D eigenvalue weighted by atomic mass is 79.9. The van der Waals surface area contributed by atoms with Gasteiger partial charge in [0.2, 0.25) is 5.91 Å². The van der Waals surface area contributed by atoms with Gasteiger partial charge in [-0.25, -0.2) is 9.78 Å². The molecule has 1 aromatic heterocycles. The average Bonchev–Trinajstić information content (AvgIpc) is 3.11. The van der Waals surface area contributed by atoms with Crippen molar-refractivity contribution in [1.29, 1.82) is 0 Å². The first kappa shape index (κ1) is 21.8. The summed E-state index contributed by atoms with van der Waals surface area (Å²) in [4.78, 5) is 28.8. The maximum absolute atomic E-state index is 11.8. The third-order valence-corrected chi connectivity index (χ3v) is 6.67. The van der Waals surface area contributed by atoms with Crippen LogP contribution in [0.25, 0.3) is 10.4 Å². The Labute approximate surface area is 183 Å². The lowest BCUT2D eigenvalue weighted by molar-refractivity contribution is -0.114. The van der Waals surface area contributed by atoms with Crippen molar-refractivity contribution in [2.75, 3.05) is 5.32 Å². The van der Waals surface area contributed by atoms with Crippen LogP contribution >= 0.6 is 27.3 Å². The van der Waals surface area contributed by atoms with Crippen molar-refractivity contribution in [3.63, 3.8) is 0 Å². The Bertz CT molecular complexity index is 876. The normalized spacial score (nSPS) is 19.1. The van der Waals surface area contributed by atoms with Crippen molar-refractivity contribution in [2.24, 2.45) is 0 Å². The molecular formula is C21H26BrN3O3S. The van der Waals surface area contributed by atoms with Crippen LogP contribution < -0.4 is 10.6 Å². The molecule has 156 valence electrons. The second-order valence-electron chi connectivity index (χ2n) is 7.59. The summed E-state index contributed by atoms with van der Waals surface area (Å²) in [7, 11) is 0. The fourth-order valence-corrected chi connectivity index (χ4v) is 5.35. The molecule has 2 aromatic rings. The first-order valence-electron chi connectivity index (χ1n) is 9.82. The number of nitrogens with zero attached hydrogens (tertiary/aromatic N) is 1. The van der Waals surface area contributed by atoms with E-state index in [9.17, 15) is 9.59 Å². The molecule has 1 aliphatic rings. The molecule has 0 bridgehead atoms. The van der Waals surface area contributed by atoms with Gasteiger partial charge in [-0.15, -0.1) is 11.3 Å². The summed E-state index contributed by atoms with van der Waals surface area (Å²) in [6, 6.07) is 5.97. The van der Waals surface area contributed by atoms with E-state index in [1.165, 1.54) is 6.92 Å². The van der Waals surface area contributed by atoms with E-state index >= 15 is 0 Å². The molecule has 1 aliphatic carbocycles. The molecule has 1 fully saturated rings. The molecule has 1 heterocycles. The van der Waals surface area contributed by atoms with E-state index < -0.39 is 0 Å². The fourth-order valence-electron chi connectivity index (χ4n) is 3.50. The molecule has 8 heteroatoms. The van der Waals surface area contributed by atoms with Gasteiger partial charge >= 0.3 is 6.09 Å². The van der Waals surface area contributed by atoms with Crippen molar-refractivity contribution in [2.45, 2.75) is 64.5 Å². The number of alkyl carbamates (subject to hydrolysis) is 1. The third-order valence-electron chi connectivity index (χ3n) is 4.82. The number of aromatic nitrogens is 1. The molecular weight excluding hydrogens is 454 g/mol. The number of halogens is 1. The summed E-state index contributed by atoms with van der Waals surface area (Å²) >= 11 is 5.31. The number of ether oxygens (including phenoxy) is 1. The van der Waals surface area contributed by atoms with E-state index in [1.807, 2.05) is 38.2 Å². The van der Waals surface area contributed by atoms with Crippen LogP contribution in [-0.4, -0.2) is 29.1 Å². The van der Waals surface area contributed by atoms with Crippen LogP contribution in [0.3, 0.4) is 0 Å². The summed E-state index contributed by atoms with van der Waals surface area (Å²) in [5.74, 6) is 0.331. The fraction of sp³-hybridized carbons (Fsp3) is 0.476. The minimum atomic E-state index is -0.326. The number of hydrogen-bond acceptors (Lipinski definition) is 5. The number of carbonyl (C=O) groups is 2. The predicted molar refractivity (Wildman–Crippen MR) is 119 cm³/mol. The smallest absolute Gasteiger partial charge is 0.407 e. The van der Waals surface area contributed by atoms with Crippen LogP contribution in [0.4, 0.5) is 10.5 Å². The van der Waals surface area contributed by atoms with E-state index in [-0.39, 0.29) is 24.1 Å². The topological polar surface area (TPSA) is 80.3 Å². The minimum Gasteiger partial charge on any atom is -0.447 e. The van der Waals surface area contributed by atoms with Crippen molar-refractivity contribution in [3.8, 4) is 10.4 Å². The number of carbonyl (C=O) groups excluding carboxylic acids is 2. The first-order valence-corrected chi connectivity index (χ1v) is 11.4. The van der Waals surface area contributed by atoms with Crippen LogP contribution in [-0.2, 0) is 9.53 Å². The zero-order chi connectivity index (χ0) is 21.0. The van der Waals surface area contributed by atoms with E-state index in [2.05, 4.69) is 31.5 Å². The van der Waals surface area contributed by atoms with Gasteiger partial charge in [-0.2, -0.15) is 0 Å². The highest BCUT2D eigenvalue weighted by Gasteiger charge is 2.26. The van der Waals surface area contributed by atoms with Gasteiger partial charge in [0.25, 0.3) is 0 Å². The summed E-state index contributed by atoms with van der Waals surface area (Å²) in [6.45, 7) is 5.19. The molecule has 6 nitrogen and oxygen atoms in total. The molecule has 2 N–H and O–H groups in total. The van der Waals surface area contributed by atoms with Gasteiger partial charge in [0, 0.05) is 40.8 Å². The lowest BCUT2D eigenvalue weighted by Crippen LogP contribution is -2.38. The summed E-state index contributed by atoms with van der Waals surface area (Å²) in [5.41, 5.74) is 1.83. The van der Waals surface area contributed by atoms with Gasteiger partial charge in [0.15, 0.2) is 0 Å². The standard InChI is InChI=1S/C21H26BrN3O3S/c1-12(2)28-21(27)25-15-6-4-14(5-7-15)20-23-11-19(29-20)17-9-8-16(10-18(17)22)24-13(3)26/h8-12,14-15H,4-7H2,1-3H3,(H,24,26)(H,25,27). The van der Waals surface area contributed by atoms with E-state index in [0.717, 1.165) is 51.3 Å². The SMILES string of the molecule is CC(=O)Nc1ccc(-c2cnc(C3CCC(NC(=O)OC(C)C)CC3)s2)c(Br)c1. The van der Waals surface area contributed by atoms with E-state index in [1.54, 1.807) is 11.3 Å². The highest BCUT2D eigenvalue weighted by Crippen LogP contribution is 2.40. The Morgan fingerprint density at radius 3 is 2.59 bits per heavy atom. The molecule has 0 radical (unpaired) electrons. The van der Waals surface area contributed by atoms with Crippen LogP contribution in [0.15, 0.2) is 28.9 Å². The van der Waals surface area contributed by atoms with Gasteiger partial charge in [0.05, 0.1) is 16.0 Å². The summed E-state index contributed by atoms with van der Waals surface area (Å²) < 4.78 is 6.10. The molecule has 0 unspecified atom stereocenters. The zero-order valence-corrected chi connectivity index (χ0v) is 19.2. The largest absolute Gasteiger partial charge is 0.447 e. The molecule has 1 aromatic carbocycles. The molecule has 1 saturated carbocycles. The van der Waals surface area contributed by atoms with Crippen molar-refractivity contribution in [1.82, 2.24) is 10.3 Å². The number of rotatable bonds is 5. The minimum absolute atomic E-state index is 0.0905. The Hall–Kier alpha value is -1.93. The van der Waals surface area contributed by atoms with Crippen LogP contribution in [0, 0.1) is 0 Å². The summed E-state index contributed by atoms with van der Waals surface area (Å²) in [6.07, 6.45) is 5.36. The number of benzene rings is 1. The van der Waals surface area contributed by atoms with Crippen LogP contribution in [0.5, 0.6) is 0 Å². The number of amides is 2. The predicted octanol–water partition coefficient (Wildman–Crippen LogP) is 5.69. The molecule has 0 aliphatic heterocycles. The quantitative estimate of drug-likeness (QED) is 0.576. The van der Waals surface area contributed by atoms with Crippen molar-refractivity contribution in [3.05, 3.63) is 33.9 Å². The summed E-state index contributed by atoms with van der Waals surface area (Å²) in [5, 5.41) is 6.89. The van der Waals surface area contributed by atoms with Crippen molar-refractivity contribution >= 4 is 45.0 Å². The molecule has 0 spiro atoms. The Kier molecular flexibility index (Phi) is 7.29. The zero-order valence-electron chi connectivity index (χ0n) is 16.8. The average molecular weight is 480 g/mol. The van der Waals surface area contributed by atoms with Gasteiger partial charge in [0.1, 0.15) is 0 Å². The van der Waals surface area contributed by atoms with E-state index in [0.29, 0.717) is 5.92 Å². The monoisotopic (exact) mass is 479 g/mol. The van der Waals surface area contributed by atoms with Crippen LogP contribution in [0.1, 0.15) is 57.4 Å². The van der Waals surface area contributed by atoms with Gasteiger partial charge < -0.3 is 15.4 Å². The highest BCUT2D eigenvalue weighted by molar-refractivity contribution is 9.10. The maximum Gasteiger partial charge on any atom is 0.407 e. The Morgan fingerprint density at radius 2 is 1.97 bits per heavy atom. The van der Waals surface area contributed by atoms with E-state index in [4.69, 9.17) is 4.74 Å². The number of hydrogen-bond donors (Lipinski definition) is 2. The lowest BCUT2D eigenvalue weighted by atomic mass is 9.86. The molecule has 29 heavy (non-hydrogen) atoms. The second kappa shape index (κ2) is 9.71. The Balaban J connectivity index is 1.60. The Morgan fingerprint density at radius 1 is 1.24 bits per heavy atom. The molecule has 0 saturated heterocycles. The number of thiazole rings is 1. The molecule has 2 amide bonds.